The highest BCUT2D eigenvalue weighted by atomic mass is 32.2. The van der Waals surface area contributed by atoms with Gasteiger partial charge < -0.3 is 5.32 Å². The number of anilines is 1. The second-order valence-corrected chi connectivity index (χ2v) is 10.9. The van der Waals surface area contributed by atoms with E-state index in [1.165, 1.54) is 10.6 Å². The third-order valence-electron chi connectivity index (χ3n) is 6.14. The molecule has 1 N–H and O–H groups in total. The summed E-state index contributed by atoms with van der Waals surface area (Å²) in [6, 6.07) is 32.1. The Labute approximate surface area is 213 Å². The lowest BCUT2D eigenvalue weighted by molar-refractivity contribution is 0.0943. The van der Waals surface area contributed by atoms with Crippen LogP contribution in [0.25, 0.3) is 0 Å². The van der Waals surface area contributed by atoms with Crippen LogP contribution in [0.15, 0.2) is 103 Å². The molecule has 0 heterocycles. The lowest BCUT2D eigenvalue weighted by atomic mass is 9.94. The van der Waals surface area contributed by atoms with Gasteiger partial charge in [-0.15, -0.1) is 0 Å². The molecule has 4 aromatic rings. The summed E-state index contributed by atoms with van der Waals surface area (Å²) in [4.78, 5) is 13.2. The topological polar surface area (TPSA) is 66.5 Å². The normalized spacial score (nSPS) is 12.1. The largest absolute Gasteiger partial charge is 0.341 e. The minimum absolute atomic E-state index is 0.181. The van der Waals surface area contributed by atoms with E-state index in [4.69, 9.17) is 0 Å². The molecule has 1 amide bonds. The SMILES string of the molecule is Cc1cccc(N(Cc2ccc(C(=O)NC(c3ccccc3)c3ccccc3C)cc2)S(C)(=O)=O)c1. The van der Waals surface area contributed by atoms with Gasteiger partial charge in [-0.05, 0) is 65.9 Å². The zero-order valence-corrected chi connectivity index (χ0v) is 21.5. The van der Waals surface area contributed by atoms with Gasteiger partial charge >= 0.3 is 0 Å². The van der Waals surface area contributed by atoms with Crippen LogP contribution < -0.4 is 9.62 Å². The molecule has 4 rings (SSSR count). The Bertz CT molecular complexity index is 1450. The number of nitrogens with zero attached hydrogens (tertiary/aromatic N) is 1. The molecular formula is C30H30N2O3S. The minimum atomic E-state index is -3.49. The number of hydrogen-bond acceptors (Lipinski definition) is 3. The van der Waals surface area contributed by atoms with Crippen molar-refractivity contribution in [3.63, 3.8) is 0 Å². The summed E-state index contributed by atoms with van der Waals surface area (Å²) in [7, 11) is -3.49. The van der Waals surface area contributed by atoms with Gasteiger partial charge in [0, 0.05) is 5.56 Å². The number of carbonyl (C=O) groups excluding carboxylic acids is 1. The van der Waals surface area contributed by atoms with Crippen LogP contribution in [0.4, 0.5) is 5.69 Å². The Morgan fingerprint density at radius 1 is 0.833 bits per heavy atom. The molecule has 0 aliphatic heterocycles. The quantitative estimate of drug-likeness (QED) is 0.334. The number of hydrogen-bond donors (Lipinski definition) is 1. The van der Waals surface area contributed by atoms with Gasteiger partial charge in [-0.25, -0.2) is 8.42 Å². The van der Waals surface area contributed by atoms with Gasteiger partial charge in [0.25, 0.3) is 5.91 Å². The van der Waals surface area contributed by atoms with Crippen molar-refractivity contribution >= 4 is 21.6 Å². The Balaban J connectivity index is 1.56. The first-order valence-corrected chi connectivity index (χ1v) is 13.6. The van der Waals surface area contributed by atoms with Crippen LogP contribution in [0.3, 0.4) is 0 Å². The molecule has 0 fully saturated rings. The third kappa shape index (κ3) is 6.01. The van der Waals surface area contributed by atoms with Gasteiger partial charge in [0.1, 0.15) is 0 Å². The second-order valence-electron chi connectivity index (χ2n) is 8.98. The lowest BCUT2D eigenvalue weighted by Crippen LogP contribution is -2.30. The smallest absolute Gasteiger partial charge is 0.252 e. The molecule has 184 valence electrons. The van der Waals surface area contributed by atoms with Crippen molar-refractivity contribution in [3.05, 3.63) is 137 Å². The van der Waals surface area contributed by atoms with Crippen LogP contribution in [0.2, 0.25) is 0 Å². The molecule has 0 saturated heterocycles. The molecule has 0 aliphatic carbocycles. The first-order valence-electron chi connectivity index (χ1n) is 11.8. The molecule has 0 saturated carbocycles. The highest BCUT2D eigenvalue weighted by Crippen LogP contribution is 2.26. The molecule has 0 bridgehead atoms. The van der Waals surface area contributed by atoms with Gasteiger partial charge in [-0.3, -0.25) is 9.10 Å². The van der Waals surface area contributed by atoms with Crippen LogP contribution in [0, 0.1) is 13.8 Å². The molecule has 36 heavy (non-hydrogen) atoms. The third-order valence-corrected chi connectivity index (χ3v) is 7.28. The van der Waals surface area contributed by atoms with Crippen molar-refractivity contribution in [2.24, 2.45) is 0 Å². The number of carbonyl (C=O) groups is 1. The van der Waals surface area contributed by atoms with Crippen LogP contribution >= 0.6 is 0 Å². The summed E-state index contributed by atoms with van der Waals surface area (Å²) >= 11 is 0. The van der Waals surface area contributed by atoms with Crippen LogP contribution in [-0.4, -0.2) is 20.6 Å². The van der Waals surface area contributed by atoms with E-state index in [1.807, 2.05) is 86.6 Å². The van der Waals surface area contributed by atoms with Crippen molar-refractivity contribution in [2.45, 2.75) is 26.4 Å². The van der Waals surface area contributed by atoms with E-state index in [0.29, 0.717) is 11.3 Å². The summed E-state index contributed by atoms with van der Waals surface area (Å²) in [6.45, 7) is 4.14. The van der Waals surface area contributed by atoms with Crippen molar-refractivity contribution in [2.75, 3.05) is 10.6 Å². The van der Waals surface area contributed by atoms with Gasteiger partial charge in [0.2, 0.25) is 10.0 Å². The predicted molar refractivity (Wildman–Crippen MR) is 146 cm³/mol. The van der Waals surface area contributed by atoms with E-state index in [1.54, 1.807) is 30.3 Å². The highest BCUT2D eigenvalue weighted by Gasteiger charge is 2.21. The van der Waals surface area contributed by atoms with E-state index < -0.39 is 10.0 Å². The number of amides is 1. The summed E-state index contributed by atoms with van der Waals surface area (Å²) in [5.74, 6) is -0.197. The zero-order valence-electron chi connectivity index (χ0n) is 20.7. The number of nitrogens with one attached hydrogen (secondary N) is 1. The number of aryl methyl sites for hydroxylation is 2. The molecular weight excluding hydrogens is 468 g/mol. The molecule has 1 atom stereocenters. The standard InChI is InChI=1S/C30H30N2O3S/c1-22-10-9-14-27(20-22)32(36(3,34)35)21-24-16-18-26(19-17-24)30(33)31-29(25-12-5-4-6-13-25)28-15-8-7-11-23(28)2/h4-20,29H,21H2,1-3H3,(H,31,33). The Hall–Kier alpha value is -3.90. The Kier molecular flexibility index (Phi) is 7.55. The molecule has 0 aliphatic rings. The molecule has 1 unspecified atom stereocenters. The molecule has 0 spiro atoms. The number of rotatable bonds is 8. The highest BCUT2D eigenvalue weighted by molar-refractivity contribution is 7.92. The van der Waals surface area contributed by atoms with Crippen molar-refractivity contribution in [1.29, 1.82) is 0 Å². The molecule has 5 nitrogen and oxygen atoms in total. The summed E-state index contributed by atoms with van der Waals surface area (Å²) in [5, 5.41) is 3.18. The van der Waals surface area contributed by atoms with E-state index in [0.717, 1.165) is 27.8 Å². The Morgan fingerprint density at radius 3 is 2.14 bits per heavy atom. The fourth-order valence-corrected chi connectivity index (χ4v) is 5.10. The first-order chi connectivity index (χ1) is 17.2. The Morgan fingerprint density at radius 2 is 1.50 bits per heavy atom. The molecule has 0 aromatic heterocycles. The van der Waals surface area contributed by atoms with Gasteiger partial charge in [0.15, 0.2) is 0 Å². The minimum Gasteiger partial charge on any atom is -0.341 e. The number of sulfonamides is 1. The van der Waals surface area contributed by atoms with Crippen molar-refractivity contribution < 1.29 is 13.2 Å². The van der Waals surface area contributed by atoms with Crippen LogP contribution in [0.1, 0.15) is 44.2 Å². The maximum Gasteiger partial charge on any atom is 0.252 e. The second kappa shape index (κ2) is 10.8. The molecule has 6 heteroatoms. The van der Waals surface area contributed by atoms with Crippen molar-refractivity contribution in [1.82, 2.24) is 5.32 Å². The fourth-order valence-electron chi connectivity index (χ4n) is 4.22. The zero-order chi connectivity index (χ0) is 25.7. The van der Waals surface area contributed by atoms with Crippen LogP contribution in [0.5, 0.6) is 0 Å². The van der Waals surface area contributed by atoms with Gasteiger partial charge in [-0.2, -0.15) is 0 Å². The summed E-state index contributed by atoms with van der Waals surface area (Å²) < 4.78 is 26.4. The number of benzene rings is 4. The van der Waals surface area contributed by atoms with Crippen LogP contribution in [-0.2, 0) is 16.6 Å². The van der Waals surface area contributed by atoms with Gasteiger partial charge in [0.05, 0.1) is 24.5 Å². The van der Waals surface area contributed by atoms with E-state index in [2.05, 4.69) is 5.32 Å². The molecule has 0 radical (unpaired) electrons. The van der Waals surface area contributed by atoms with E-state index >= 15 is 0 Å². The predicted octanol–water partition coefficient (Wildman–Crippen LogP) is 5.79. The first kappa shape index (κ1) is 25.2. The van der Waals surface area contributed by atoms with Crippen molar-refractivity contribution in [3.8, 4) is 0 Å². The average Bonchev–Trinajstić information content (AvgIpc) is 2.86. The average molecular weight is 499 g/mol. The monoisotopic (exact) mass is 498 g/mol. The maximum atomic E-state index is 13.2. The maximum absolute atomic E-state index is 13.2. The lowest BCUT2D eigenvalue weighted by Gasteiger charge is -2.23. The van der Waals surface area contributed by atoms with E-state index in [9.17, 15) is 13.2 Å². The fraction of sp³-hybridized carbons (Fsp3) is 0.167. The van der Waals surface area contributed by atoms with Gasteiger partial charge in [-0.1, -0.05) is 78.9 Å². The molecule has 4 aromatic carbocycles. The van der Waals surface area contributed by atoms with E-state index in [-0.39, 0.29) is 18.5 Å². The summed E-state index contributed by atoms with van der Waals surface area (Å²) in [6.07, 6.45) is 1.20. The summed E-state index contributed by atoms with van der Waals surface area (Å²) in [5.41, 5.74) is 6.03.